The lowest BCUT2D eigenvalue weighted by molar-refractivity contribution is -0.117. The molecule has 2 aliphatic carbocycles. The summed E-state index contributed by atoms with van der Waals surface area (Å²) < 4.78 is 5.56. The standard InChI is InChI=1S/C12H18O2/c1-2-14-12-8-10(13)7-9-5-3-4-6-11(9)12/h8-9,11H,2-7H2,1H3. The SMILES string of the molecule is CCOC1=CC(=O)CC2CCCCC12. The Morgan fingerprint density at radius 1 is 1.43 bits per heavy atom. The van der Waals surface area contributed by atoms with Gasteiger partial charge in [0.25, 0.3) is 0 Å². The summed E-state index contributed by atoms with van der Waals surface area (Å²) >= 11 is 0. The van der Waals surface area contributed by atoms with Gasteiger partial charge in [-0.25, -0.2) is 0 Å². The third kappa shape index (κ3) is 1.84. The minimum Gasteiger partial charge on any atom is -0.498 e. The first-order valence-electron chi connectivity index (χ1n) is 5.68. The summed E-state index contributed by atoms with van der Waals surface area (Å²) in [5, 5.41) is 0. The van der Waals surface area contributed by atoms with Crippen molar-refractivity contribution in [3.8, 4) is 0 Å². The molecular formula is C12H18O2. The van der Waals surface area contributed by atoms with Crippen LogP contribution < -0.4 is 0 Å². The van der Waals surface area contributed by atoms with Crippen LogP contribution in [-0.2, 0) is 9.53 Å². The second kappa shape index (κ2) is 4.16. The molecule has 78 valence electrons. The summed E-state index contributed by atoms with van der Waals surface area (Å²) in [5.41, 5.74) is 0. The van der Waals surface area contributed by atoms with Crippen LogP contribution in [0.4, 0.5) is 0 Å². The van der Waals surface area contributed by atoms with Crippen molar-refractivity contribution in [2.75, 3.05) is 6.61 Å². The fraction of sp³-hybridized carbons (Fsp3) is 0.750. The molecule has 0 spiro atoms. The summed E-state index contributed by atoms with van der Waals surface area (Å²) in [6, 6.07) is 0. The number of ether oxygens (including phenoxy) is 1. The zero-order chi connectivity index (χ0) is 9.97. The molecule has 0 aromatic rings. The van der Waals surface area contributed by atoms with Crippen molar-refractivity contribution in [3.63, 3.8) is 0 Å². The number of carbonyl (C=O) groups is 1. The van der Waals surface area contributed by atoms with Crippen molar-refractivity contribution >= 4 is 5.78 Å². The maximum Gasteiger partial charge on any atom is 0.159 e. The van der Waals surface area contributed by atoms with Gasteiger partial charge in [-0.2, -0.15) is 0 Å². The number of rotatable bonds is 2. The predicted molar refractivity (Wildman–Crippen MR) is 54.8 cm³/mol. The zero-order valence-corrected chi connectivity index (χ0v) is 8.79. The molecule has 1 saturated carbocycles. The summed E-state index contributed by atoms with van der Waals surface area (Å²) in [7, 11) is 0. The van der Waals surface area contributed by atoms with Crippen molar-refractivity contribution < 1.29 is 9.53 Å². The van der Waals surface area contributed by atoms with Crippen LogP contribution in [0.2, 0.25) is 0 Å². The van der Waals surface area contributed by atoms with Crippen molar-refractivity contribution in [1.29, 1.82) is 0 Å². The molecule has 0 N–H and O–H groups in total. The Morgan fingerprint density at radius 2 is 2.21 bits per heavy atom. The summed E-state index contributed by atoms with van der Waals surface area (Å²) in [5.74, 6) is 2.34. The van der Waals surface area contributed by atoms with E-state index in [-0.39, 0.29) is 5.78 Å². The molecule has 0 heterocycles. The molecule has 0 aromatic heterocycles. The molecule has 2 aliphatic rings. The molecule has 1 fully saturated rings. The van der Waals surface area contributed by atoms with Gasteiger partial charge in [-0.15, -0.1) is 0 Å². The topological polar surface area (TPSA) is 26.3 Å². The highest BCUT2D eigenvalue weighted by atomic mass is 16.5. The zero-order valence-electron chi connectivity index (χ0n) is 8.79. The van der Waals surface area contributed by atoms with E-state index < -0.39 is 0 Å². The number of fused-ring (bicyclic) bond motifs is 1. The third-order valence-electron chi connectivity index (χ3n) is 3.35. The van der Waals surface area contributed by atoms with Gasteiger partial charge in [0.2, 0.25) is 0 Å². The van der Waals surface area contributed by atoms with Crippen LogP contribution in [0.15, 0.2) is 11.8 Å². The van der Waals surface area contributed by atoms with Crippen LogP contribution in [-0.4, -0.2) is 12.4 Å². The number of allylic oxidation sites excluding steroid dienone is 2. The Morgan fingerprint density at radius 3 is 3.00 bits per heavy atom. The first-order valence-corrected chi connectivity index (χ1v) is 5.68. The number of carbonyl (C=O) groups excluding carboxylic acids is 1. The molecule has 2 rings (SSSR count). The summed E-state index contributed by atoms with van der Waals surface area (Å²) in [4.78, 5) is 11.4. The lowest BCUT2D eigenvalue weighted by Gasteiger charge is -2.35. The first-order chi connectivity index (χ1) is 6.81. The molecule has 0 aliphatic heterocycles. The van der Waals surface area contributed by atoms with Crippen LogP contribution in [0.1, 0.15) is 39.0 Å². The van der Waals surface area contributed by atoms with Crippen LogP contribution in [0.5, 0.6) is 0 Å². The molecule has 0 saturated heterocycles. The first kappa shape index (κ1) is 9.75. The Bertz CT molecular complexity index is 255. The molecular weight excluding hydrogens is 176 g/mol. The van der Waals surface area contributed by atoms with Gasteiger partial charge in [-0.05, 0) is 25.7 Å². The molecule has 0 aromatic carbocycles. The van der Waals surface area contributed by atoms with E-state index in [4.69, 9.17) is 4.74 Å². The van der Waals surface area contributed by atoms with E-state index in [9.17, 15) is 4.79 Å². The second-order valence-electron chi connectivity index (χ2n) is 4.30. The quantitative estimate of drug-likeness (QED) is 0.675. The van der Waals surface area contributed by atoms with Crippen LogP contribution in [0.3, 0.4) is 0 Å². The monoisotopic (exact) mass is 194 g/mol. The average Bonchev–Trinajstić information content (AvgIpc) is 2.18. The Balaban J connectivity index is 2.14. The van der Waals surface area contributed by atoms with Crippen molar-refractivity contribution in [2.45, 2.75) is 39.0 Å². The fourth-order valence-electron chi connectivity index (χ4n) is 2.72. The second-order valence-corrected chi connectivity index (χ2v) is 4.30. The highest BCUT2D eigenvalue weighted by molar-refractivity contribution is 5.91. The largest absolute Gasteiger partial charge is 0.498 e. The van der Waals surface area contributed by atoms with E-state index in [1.54, 1.807) is 6.08 Å². The molecule has 14 heavy (non-hydrogen) atoms. The average molecular weight is 194 g/mol. The Hall–Kier alpha value is -0.790. The minimum absolute atomic E-state index is 0.261. The number of ketones is 1. The molecule has 2 unspecified atom stereocenters. The van der Waals surface area contributed by atoms with E-state index in [2.05, 4.69) is 0 Å². The van der Waals surface area contributed by atoms with E-state index in [1.165, 1.54) is 25.7 Å². The van der Waals surface area contributed by atoms with Crippen molar-refractivity contribution in [3.05, 3.63) is 11.8 Å². The van der Waals surface area contributed by atoms with Crippen LogP contribution in [0, 0.1) is 11.8 Å². The van der Waals surface area contributed by atoms with Crippen LogP contribution in [0.25, 0.3) is 0 Å². The summed E-state index contributed by atoms with van der Waals surface area (Å²) in [6.45, 7) is 2.67. The van der Waals surface area contributed by atoms with E-state index in [0.717, 1.165) is 12.2 Å². The molecule has 2 heteroatoms. The van der Waals surface area contributed by atoms with Gasteiger partial charge >= 0.3 is 0 Å². The van der Waals surface area contributed by atoms with E-state index in [0.29, 0.717) is 18.4 Å². The smallest absolute Gasteiger partial charge is 0.159 e. The van der Waals surface area contributed by atoms with Gasteiger partial charge in [0.1, 0.15) is 5.76 Å². The highest BCUT2D eigenvalue weighted by Crippen LogP contribution is 2.40. The molecule has 2 nitrogen and oxygen atoms in total. The lowest BCUT2D eigenvalue weighted by atomic mass is 9.73. The fourth-order valence-corrected chi connectivity index (χ4v) is 2.72. The molecule has 0 amide bonds. The molecule has 0 radical (unpaired) electrons. The normalized spacial score (nSPS) is 32.1. The van der Waals surface area contributed by atoms with Gasteiger partial charge in [-0.3, -0.25) is 4.79 Å². The highest BCUT2D eigenvalue weighted by Gasteiger charge is 2.34. The van der Waals surface area contributed by atoms with Gasteiger partial charge in [0.05, 0.1) is 6.61 Å². The Kier molecular flexibility index (Phi) is 2.90. The van der Waals surface area contributed by atoms with Crippen molar-refractivity contribution in [1.82, 2.24) is 0 Å². The number of hydrogen-bond donors (Lipinski definition) is 0. The van der Waals surface area contributed by atoms with Gasteiger partial charge in [-0.1, -0.05) is 12.8 Å². The van der Waals surface area contributed by atoms with Gasteiger partial charge in [0.15, 0.2) is 5.78 Å². The van der Waals surface area contributed by atoms with Crippen LogP contribution >= 0.6 is 0 Å². The Labute approximate surface area is 85.3 Å². The molecule has 2 atom stereocenters. The van der Waals surface area contributed by atoms with E-state index >= 15 is 0 Å². The van der Waals surface area contributed by atoms with Gasteiger partial charge in [0, 0.05) is 18.4 Å². The van der Waals surface area contributed by atoms with Crippen molar-refractivity contribution in [2.24, 2.45) is 11.8 Å². The minimum atomic E-state index is 0.261. The third-order valence-corrected chi connectivity index (χ3v) is 3.35. The maximum absolute atomic E-state index is 11.4. The summed E-state index contributed by atoms with van der Waals surface area (Å²) in [6.07, 6.45) is 7.48. The lowest BCUT2D eigenvalue weighted by Crippen LogP contribution is -2.28. The number of hydrogen-bond acceptors (Lipinski definition) is 2. The predicted octanol–water partition coefficient (Wildman–Crippen LogP) is 2.69. The van der Waals surface area contributed by atoms with Gasteiger partial charge < -0.3 is 4.74 Å². The maximum atomic E-state index is 11.4. The molecule has 0 bridgehead atoms. The van der Waals surface area contributed by atoms with E-state index in [1.807, 2.05) is 6.92 Å².